The quantitative estimate of drug-likeness (QED) is 0.624. The van der Waals surface area contributed by atoms with Gasteiger partial charge in [0, 0.05) is 10.0 Å². The van der Waals surface area contributed by atoms with Gasteiger partial charge in [-0.25, -0.2) is 8.78 Å². The van der Waals surface area contributed by atoms with Crippen molar-refractivity contribution in [3.8, 4) is 0 Å². The van der Waals surface area contributed by atoms with E-state index in [2.05, 4.69) is 31.9 Å². The van der Waals surface area contributed by atoms with Crippen LogP contribution in [0.5, 0.6) is 0 Å². The molecule has 1 rings (SSSR count). The molecule has 0 atom stereocenters. The Labute approximate surface area is 84.7 Å². The molecule has 0 saturated heterocycles. The number of hydrogen-bond donors (Lipinski definition) is 1. The van der Waals surface area contributed by atoms with Crippen molar-refractivity contribution in [2.45, 2.75) is 6.61 Å². The molecule has 0 bridgehead atoms. The molecule has 1 nitrogen and oxygen atoms in total. The second kappa shape index (κ2) is 3.81. The molecule has 0 heterocycles. The molecule has 1 aromatic carbocycles. The van der Waals surface area contributed by atoms with E-state index in [1.54, 1.807) is 0 Å². The third-order valence-corrected chi connectivity index (χ3v) is 2.80. The molecule has 66 valence electrons. The summed E-state index contributed by atoms with van der Waals surface area (Å²) in [7, 11) is 0. The monoisotopic (exact) mass is 300 g/mol. The van der Waals surface area contributed by atoms with Crippen molar-refractivity contribution >= 4 is 31.9 Å². The summed E-state index contributed by atoms with van der Waals surface area (Å²) in [5.41, 5.74) is 0.0447. The Morgan fingerprint density at radius 1 is 1.33 bits per heavy atom. The first kappa shape index (κ1) is 10.1. The summed E-state index contributed by atoms with van der Waals surface area (Å²) >= 11 is 5.65. The lowest BCUT2D eigenvalue weighted by Crippen LogP contribution is -1.95. The smallest absolute Gasteiger partial charge is 0.146 e. The molecule has 0 aliphatic heterocycles. The number of aliphatic hydroxyl groups excluding tert-OH is 1. The fourth-order valence-electron chi connectivity index (χ4n) is 0.749. The average molecular weight is 302 g/mol. The van der Waals surface area contributed by atoms with Crippen molar-refractivity contribution < 1.29 is 13.9 Å². The Kier molecular flexibility index (Phi) is 3.20. The van der Waals surface area contributed by atoms with Gasteiger partial charge in [0.25, 0.3) is 0 Å². The lowest BCUT2D eigenvalue weighted by Gasteiger charge is -2.04. The predicted octanol–water partition coefficient (Wildman–Crippen LogP) is 2.98. The van der Waals surface area contributed by atoms with E-state index in [0.717, 1.165) is 6.07 Å². The van der Waals surface area contributed by atoms with E-state index in [4.69, 9.17) is 5.11 Å². The van der Waals surface area contributed by atoms with Gasteiger partial charge in [0.2, 0.25) is 0 Å². The Balaban J connectivity index is 3.40. The van der Waals surface area contributed by atoms with Crippen LogP contribution < -0.4 is 0 Å². The number of aliphatic hydroxyl groups is 1. The zero-order valence-electron chi connectivity index (χ0n) is 5.74. The maximum Gasteiger partial charge on any atom is 0.146 e. The van der Waals surface area contributed by atoms with E-state index in [9.17, 15) is 8.78 Å². The van der Waals surface area contributed by atoms with Crippen LogP contribution in [0.1, 0.15) is 5.56 Å². The third kappa shape index (κ3) is 1.67. The van der Waals surface area contributed by atoms with Crippen LogP contribution in [-0.2, 0) is 6.61 Å². The summed E-state index contributed by atoms with van der Waals surface area (Å²) in [6, 6.07) is 1.10. The topological polar surface area (TPSA) is 20.2 Å². The highest BCUT2D eigenvalue weighted by Gasteiger charge is 2.14. The summed E-state index contributed by atoms with van der Waals surface area (Å²) in [6.45, 7) is -0.467. The van der Waals surface area contributed by atoms with Gasteiger partial charge in [0.15, 0.2) is 0 Å². The maximum absolute atomic E-state index is 13.0. The number of halogens is 4. The van der Waals surface area contributed by atoms with Gasteiger partial charge in [-0.15, -0.1) is 0 Å². The summed E-state index contributed by atoms with van der Waals surface area (Å²) < 4.78 is 25.8. The van der Waals surface area contributed by atoms with Gasteiger partial charge in [-0.05, 0) is 22.0 Å². The molecule has 0 aromatic heterocycles. The Morgan fingerprint density at radius 3 is 2.42 bits per heavy atom. The largest absolute Gasteiger partial charge is 0.392 e. The molecular formula is C7H4Br2F2O. The van der Waals surface area contributed by atoms with E-state index in [0.29, 0.717) is 0 Å². The number of benzene rings is 1. The first-order chi connectivity index (χ1) is 5.57. The van der Waals surface area contributed by atoms with Gasteiger partial charge in [-0.2, -0.15) is 0 Å². The number of rotatable bonds is 1. The number of hydrogen-bond acceptors (Lipinski definition) is 1. The molecule has 5 heteroatoms. The first-order valence-corrected chi connectivity index (χ1v) is 4.59. The van der Waals surface area contributed by atoms with Crippen LogP contribution in [0.2, 0.25) is 0 Å². The van der Waals surface area contributed by atoms with E-state index >= 15 is 0 Å². The second-order valence-corrected chi connectivity index (χ2v) is 3.75. The van der Waals surface area contributed by atoms with Gasteiger partial charge in [-0.1, -0.05) is 15.9 Å². The Bertz CT molecular complexity index is 315. The SMILES string of the molecule is OCc1c(Br)cc(F)c(Br)c1F. The normalized spacial score (nSPS) is 10.4. The standard InChI is InChI=1S/C7H4Br2F2O/c8-4-1-5(10)6(9)7(11)3(4)2-12/h1,12H,2H2. The minimum absolute atomic E-state index is 0.0447. The van der Waals surface area contributed by atoms with Crippen LogP contribution in [0, 0.1) is 11.6 Å². The molecule has 1 aromatic rings. The molecule has 0 aliphatic carbocycles. The molecular weight excluding hydrogens is 298 g/mol. The van der Waals surface area contributed by atoms with Crippen molar-refractivity contribution in [1.29, 1.82) is 0 Å². The molecule has 0 unspecified atom stereocenters. The van der Waals surface area contributed by atoms with Gasteiger partial charge in [0.05, 0.1) is 11.1 Å². The average Bonchev–Trinajstić information content (AvgIpc) is 2.01. The van der Waals surface area contributed by atoms with Crippen molar-refractivity contribution in [1.82, 2.24) is 0 Å². The minimum Gasteiger partial charge on any atom is -0.392 e. The lowest BCUT2D eigenvalue weighted by molar-refractivity contribution is 0.274. The van der Waals surface area contributed by atoms with Crippen molar-refractivity contribution in [3.63, 3.8) is 0 Å². The van der Waals surface area contributed by atoms with E-state index in [-0.39, 0.29) is 14.5 Å². The Morgan fingerprint density at radius 2 is 1.92 bits per heavy atom. The van der Waals surface area contributed by atoms with Gasteiger partial charge in [-0.3, -0.25) is 0 Å². The first-order valence-electron chi connectivity index (χ1n) is 3.00. The molecule has 0 fully saturated rings. The summed E-state index contributed by atoms with van der Waals surface area (Å²) in [4.78, 5) is 0. The summed E-state index contributed by atoms with van der Waals surface area (Å²) in [5.74, 6) is -1.47. The van der Waals surface area contributed by atoms with E-state index < -0.39 is 18.2 Å². The molecule has 0 saturated carbocycles. The van der Waals surface area contributed by atoms with Gasteiger partial charge >= 0.3 is 0 Å². The fourth-order valence-corrected chi connectivity index (χ4v) is 1.60. The van der Waals surface area contributed by atoms with Crippen LogP contribution in [0.3, 0.4) is 0 Å². The van der Waals surface area contributed by atoms with Crippen molar-refractivity contribution in [2.24, 2.45) is 0 Å². The maximum atomic E-state index is 13.0. The summed E-state index contributed by atoms with van der Waals surface area (Å²) in [6.07, 6.45) is 0. The summed E-state index contributed by atoms with van der Waals surface area (Å²) in [5, 5.41) is 8.70. The molecule has 12 heavy (non-hydrogen) atoms. The van der Waals surface area contributed by atoms with Crippen LogP contribution in [0.4, 0.5) is 8.78 Å². The van der Waals surface area contributed by atoms with Gasteiger partial charge < -0.3 is 5.11 Å². The highest BCUT2D eigenvalue weighted by Crippen LogP contribution is 2.28. The highest BCUT2D eigenvalue weighted by atomic mass is 79.9. The zero-order chi connectivity index (χ0) is 9.30. The predicted molar refractivity (Wildman–Crippen MR) is 47.7 cm³/mol. The molecule has 0 amide bonds. The van der Waals surface area contributed by atoms with Crippen LogP contribution in [-0.4, -0.2) is 5.11 Å². The van der Waals surface area contributed by atoms with Crippen LogP contribution in [0.15, 0.2) is 15.0 Å². The van der Waals surface area contributed by atoms with Crippen molar-refractivity contribution in [2.75, 3.05) is 0 Å². The second-order valence-electron chi connectivity index (χ2n) is 2.10. The lowest BCUT2D eigenvalue weighted by atomic mass is 10.2. The molecule has 0 aliphatic rings. The molecule has 0 spiro atoms. The van der Waals surface area contributed by atoms with Crippen LogP contribution >= 0.6 is 31.9 Å². The Hall–Kier alpha value is -0.000000000000000111. The minimum atomic E-state index is -0.774. The van der Waals surface area contributed by atoms with E-state index in [1.165, 1.54) is 0 Å². The molecule has 0 radical (unpaired) electrons. The zero-order valence-corrected chi connectivity index (χ0v) is 8.92. The molecule has 1 N–H and O–H groups in total. The third-order valence-electron chi connectivity index (χ3n) is 1.37. The highest BCUT2D eigenvalue weighted by molar-refractivity contribution is 9.11. The van der Waals surface area contributed by atoms with Crippen LogP contribution in [0.25, 0.3) is 0 Å². The van der Waals surface area contributed by atoms with Gasteiger partial charge in [0.1, 0.15) is 11.6 Å². The van der Waals surface area contributed by atoms with E-state index in [1.807, 2.05) is 0 Å². The fraction of sp³-hybridized carbons (Fsp3) is 0.143. The van der Waals surface area contributed by atoms with Crippen molar-refractivity contribution in [3.05, 3.63) is 32.2 Å².